The van der Waals surface area contributed by atoms with Crippen LogP contribution in [0.25, 0.3) is 0 Å². The van der Waals surface area contributed by atoms with E-state index in [0.29, 0.717) is 17.1 Å². The maximum atomic E-state index is 11.5. The molecule has 0 radical (unpaired) electrons. The summed E-state index contributed by atoms with van der Waals surface area (Å²) >= 11 is 0. The van der Waals surface area contributed by atoms with Crippen molar-refractivity contribution in [2.24, 2.45) is 11.3 Å². The summed E-state index contributed by atoms with van der Waals surface area (Å²) in [6.07, 6.45) is 6.32. The molecule has 0 aliphatic heterocycles. The van der Waals surface area contributed by atoms with Gasteiger partial charge in [-0.1, -0.05) is 18.6 Å². The zero-order chi connectivity index (χ0) is 8.77. The van der Waals surface area contributed by atoms with E-state index in [9.17, 15) is 4.79 Å². The fraction of sp³-hybridized carbons (Fsp3) is 0.727. The average Bonchev–Trinajstić information content (AvgIpc) is 2.27. The van der Waals surface area contributed by atoms with Gasteiger partial charge in [0.25, 0.3) is 0 Å². The molecule has 66 valence electrons. The molecule has 2 atom stereocenters. The molecule has 0 bridgehead atoms. The molecule has 2 aliphatic rings. The molecule has 2 rings (SSSR count). The third-order valence-electron chi connectivity index (χ3n) is 3.56. The van der Waals surface area contributed by atoms with Gasteiger partial charge in [-0.25, -0.2) is 0 Å². The van der Waals surface area contributed by atoms with Crippen LogP contribution in [-0.4, -0.2) is 5.78 Å². The first-order valence-electron chi connectivity index (χ1n) is 4.80. The molecule has 0 aromatic carbocycles. The number of allylic oxidation sites excluding steroid dienone is 2. The molecule has 0 saturated heterocycles. The first kappa shape index (κ1) is 8.03. The van der Waals surface area contributed by atoms with Crippen LogP contribution in [0.4, 0.5) is 0 Å². The Morgan fingerprint density at radius 2 is 2.33 bits per heavy atom. The lowest BCUT2D eigenvalue weighted by atomic mass is 9.70. The minimum absolute atomic E-state index is 0.315. The SMILES string of the molecule is CC1=CC[C@H]2C(=O)CC[C@@]2(C)C1. The fourth-order valence-electron chi connectivity index (χ4n) is 2.80. The van der Waals surface area contributed by atoms with Crippen molar-refractivity contribution in [2.75, 3.05) is 0 Å². The van der Waals surface area contributed by atoms with E-state index in [1.807, 2.05) is 0 Å². The molecule has 1 nitrogen and oxygen atoms in total. The smallest absolute Gasteiger partial charge is 0.136 e. The van der Waals surface area contributed by atoms with E-state index >= 15 is 0 Å². The van der Waals surface area contributed by atoms with Gasteiger partial charge in [-0.15, -0.1) is 0 Å². The number of carbonyl (C=O) groups excluding carboxylic acids is 1. The minimum atomic E-state index is 0.315. The van der Waals surface area contributed by atoms with Crippen molar-refractivity contribution in [3.8, 4) is 0 Å². The summed E-state index contributed by atoms with van der Waals surface area (Å²) in [6, 6.07) is 0. The predicted molar refractivity (Wildman–Crippen MR) is 48.8 cm³/mol. The van der Waals surface area contributed by atoms with Crippen molar-refractivity contribution in [3.63, 3.8) is 0 Å². The van der Waals surface area contributed by atoms with Gasteiger partial charge in [0.1, 0.15) is 5.78 Å². The van der Waals surface area contributed by atoms with Crippen molar-refractivity contribution >= 4 is 5.78 Å². The predicted octanol–water partition coefficient (Wildman–Crippen LogP) is 2.71. The molecule has 0 unspecified atom stereocenters. The molecule has 1 saturated carbocycles. The van der Waals surface area contributed by atoms with Crippen LogP contribution in [0.5, 0.6) is 0 Å². The van der Waals surface area contributed by atoms with Gasteiger partial charge >= 0.3 is 0 Å². The quantitative estimate of drug-likeness (QED) is 0.503. The molecule has 0 amide bonds. The van der Waals surface area contributed by atoms with Crippen LogP contribution in [0.3, 0.4) is 0 Å². The van der Waals surface area contributed by atoms with Crippen LogP contribution in [0.1, 0.15) is 39.5 Å². The second kappa shape index (κ2) is 2.45. The average molecular weight is 164 g/mol. The van der Waals surface area contributed by atoms with Gasteiger partial charge in [-0.3, -0.25) is 4.79 Å². The van der Waals surface area contributed by atoms with Gasteiger partial charge in [0.05, 0.1) is 0 Å². The number of hydrogen-bond donors (Lipinski definition) is 0. The van der Waals surface area contributed by atoms with Crippen molar-refractivity contribution in [3.05, 3.63) is 11.6 Å². The van der Waals surface area contributed by atoms with Crippen LogP contribution in [0.15, 0.2) is 11.6 Å². The molecule has 0 heterocycles. The monoisotopic (exact) mass is 164 g/mol. The number of hydrogen-bond acceptors (Lipinski definition) is 1. The Morgan fingerprint density at radius 1 is 1.58 bits per heavy atom. The minimum Gasteiger partial charge on any atom is -0.299 e. The third kappa shape index (κ3) is 1.03. The van der Waals surface area contributed by atoms with E-state index in [1.165, 1.54) is 5.57 Å². The number of fused-ring (bicyclic) bond motifs is 1. The Bertz CT molecular complexity index is 252. The molecular formula is C11H16O. The van der Waals surface area contributed by atoms with E-state index in [2.05, 4.69) is 19.9 Å². The summed E-state index contributed by atoms with van der Waals surface area (Å²) in [4.78, 5) is 11.5. The Labute approximate surface area is 73.8 Å². The highest BCUT2D eigenvalue weighted by Crippen LogP contribution is 2.49. The van der Waals surface area contributed by atoms with Crippen LogP contribution in [0, 0.1) is 11.3 Å². The first-order chi connectivity index (χ1) is 5.62. The molecule has 0 N–H and O–H groups in total. The van der Waals surface area contributed by atoms with E-state index < -0.39 is 0 Å². The van der Waals surface area contributed by atoms with Crippen LogP contribution < -0.4 is 0 Å². The maximum absolute atomic E-state index is 11.5. The Kier molecular flexibility index (Phi) is 1.64. The van der Waals surface area contributed by atoms with Gasteiger partial charge in [0.15, 0.2) is 0 Å². The summed E-state index contributed by atoms with van der Waals surface area (Å²) in [7, 11) is 0. The Balaban J connectivity index is 2.29. The van der Waals surface area contributed by atoms with Crippen LogP contribution >= 0.6 is 0 Å². The van der Waals surface area contributed by atoms with Gasteiger partial charge < -0.3 is 0 Å². The van der Waals surface area contributed by atoms with Gasteiger partial charge in [-0.05, 0) is 31.6 Å². The standard InChI is InChI=1S/C11H16O/c1-8-3-4-9-10(12)5-6-11(9,2)7-8/h3,9H,4-7H2,1-2H3/t9-,11-/m0/s1. The molecule has 2 aliphatic carbocycles. The number of ketones is 1. The number of rotatable bonds is 0. The molecule has 1 heteroatoms. The van der Waals surface area contributed by atoms with Crippen LogP contribution in [-0.2, 0) is 4.79 Å². The van der Waals surface area contributed by atoms with E-state index in [4.69, 9.17) is 0 Å². The summed E-state index contributed by atoms with van der Waals surface area (Å²) in [5, 5.41) is 0. The topological polar surface area (TPSA) is 17.1 Å². The lowest BCUT2D eigenvalue weighted by molar-refractivity contribution is -0.122. The van der Waals surface area contributed by atoms with Gasteiger partial charge in [0, 0.05) is 12.3 Å². The van der Waals surface area contributed by atoms with E-state index in [1.54, 1.807) is 0 Å². The summed E-state index contributed by atoms with van der Waals surface area (Å²) in [5.41, 5.74) is 1.79. The Hall–Kier alpha value is -0.590. The molecule has 0 spiro atoms. The zero-order valence-corrected chi connectivity index (χ0v) is 7.89. The molecule has 1 fully saturated rings. The highest BCUT2D eigenvalue weighted by molar-refractivity contribution is 5.84. The molecular weight excluding hydrogens is 148 g/mol. The second-order valence-corrected chi connectivity index (χ2v) is 4.64. The van der Waals surface area contributed by atoms with Gasteiger partial charge in [-0.2, -0.15) is 0 Å². The highest BCUT2D eigenvalue weighted by atomic mass is 16.1. The van der Waals surface area contributed by atoms with E-state index in [-0.39, 0.29) is 0 Å². The van der Waals surface area contributed by atoms with Crippen molar-refractivity contribution in [1.29, 1.82) is 0 Å². The summed E-state index contributed by atoms with van der Waals surface area (Å²) in [5.74, 6) is 0.849. The lowest BCUT2D eigenvalue weighted by Gasteiger charge is -2.34. The van der Waals surface area contributed by atoms with E-state index in [0.717, 1.165) is 25.7 Å². The zero-order valence-electron chi connectivity index (χ0n) is 7.89. The highest BCUT2D eigenvalue weighted by Gasteiger charge is 2.45. The first-order valence-corrected chi connectivity index (χ1v) is 4.80. The maximum Gasteiger partial charge on any atom is 0.136 e. The largest absolute Gasteiger partial charge is 0.299 e. The third-order valence-corrected chi connectivity index (χ3v) is 3.56. The van der Waals surface area contributed by atoms with Crippen molar-refractivity contribution in [1.82, 2.24) is 0 Å². The van der Waals surface area contributed by atoms with Crippen molar-refractivity contribution < 1.29 is 4.79 Å². The van der Waals surface area contributed by atoms with Crippen molar-refractivity contribution in [2.45, 2.75) is 39.5 Å². The van der Waals surface area contributed by atoms with Crippen LogP contribution in [0.2, 0.25) is 0 Å². The normalized spacial score (nSPS) is 41.0. The Morgan fingerprint density at radius 3 is 3.08 bits per heavy atom. The second-order valence-electron chi connectivity index (χ2n) is 4.64. The van der Waals surface area contributed by atoms with Gasteiger partial charge in [0.2, 0.25) is 0 Å². The molecule has 0 aromatic heterocycles. The summed E-state index contributed by atoms with van der Waals surface area (Å²) < 4.78 is 0. The molecule has 12 heavy (non-hydrogen) atoms. The summed E-state index contributed by atoms with van der Waals surface area (Å²) in [6.45, 7) is 4.46. The fourth-order valence-corrected chi connectivity index (χ4v) is 2.80. The lowest BCUT2D eigenvalue weighted by Crippen LogP contribution is -2.28. The number of carbonyl (C=O) groups is 1. The molecule has 0 aromatic rings. The number of Topliss-reactive ketones (excluding diaryl/α,β-unsaturated/α-hetero) is 1.